The third-order valence-electron chi connectivity index (χ3n) is 3.86. The number of halogens is 2. The topological polar surface area (TPSA) is 89.0 Å². The van der Waals surface area contributed by atoms with Crippen molar-refractivity contribution in [2.75, 3.05) is 19.0 Å². The molecule has 0 heterocycles. The highest BCUT2D eigenvalue weighted by atomic mass is 127. The Morgan fingerprint density at radius 2 is 2.07 bits per heavy atom. The second kappa shape index (κ2) is 11.2. The van der Waals surface area contributed by atoms with E-state index >= 15 is 0 Å². The standard InChI is InChI=1S/C21H19FIN3O4/c1-4-9-30-19-16(23)10-14(11-18(19)29-3)12-24-26-21(28)13(2)20(27)25-17-8-6-5-7-15(17)22/h1,5-8,10-13H,9H2,2-3H3,(H,25,27)(H,26,28). The third kappa shape index (κ3) is 6.18. The number of methoxy groups -OCH3 is 1. The molecular weight excluding hydrogens is 504 g/mol. The maximum atomic E-state index is 13.6. The second-order valence-electron chi connectivity index (χ2n) is 5.95. The zero-order chi connectivity index (χ0) is 22.1. The third-order valence-corrected chi connectivity index (χ3v) is 4.66. The van der Waals surface area contributed by atoms with Crippen LogP contribution >= 0.6 is 22.6 Å². The molecule has 0 aromatic heterocycles. The average molecular weight is 523 g/mol. The predicted octanol–water partition coefficient (Wildman–Crippen LogP) is 3.18. The molecular formula is C21H19FIN3O4. The number of amides is 2. The van der Waals surface area contributed by atoms with Gasteiger partial charge in [0.25, 0.3) is 5.91 Å². The molecule has 7 nitrogen and oxygen atoms in total. The van der Waals surface area contributed by atoms with Gasteiger partial charge >= 0.3 is 0 Å². The minimum absolute atomic E-state index is 0.000495. The molecule has 0 spiro atoms. The Bertz CT molecular complexity index is 1000. The van der Waals surface area contributed by atoms with Gasteiger partial charge in [0, 0.05) is 0 Å². The van der Waals surface area contributed by atoms with E-state index in [0.717, 1.165) is 3.57 Å². The SMILES string of the molecule is C#CCOc1c(I)cc(C=NNC(=O)C(C)C(=O)Nc2ccccc2F)cc1OC. The Hall–Kier alpha value is -3.13. The minimum Gasteiger partial charge on any atom is -0.493 e. The molecule has 2 rings (SSSR count). The molecule has 9 heteroatoms. The monoisotopic (exact) mass is 523 g/mol. The van der Waals surface area contributed by atoms with Crippen molar-refractivity contribution in [2.45, 2.75) is 6.92 Å². The van der Waals surface area contributed by atoms with E-state index in [-0.39, 0.29) is 12.3 Å². The van der Waals surface area contributed by atoms with Crippen LogP contribution in [0.3, 0.4) is 0 Å². The maximum Gasteiger partial charge on any atom is 0.252 e. The lowest BCUT2D eigenvalue weighted by atomic mass is 10.1. The summed E-state index contributed by atoms with van der Waals surface area (Å²) in [5, 5.41) is 6.24. The number of nitrogens with one attached hydrogen (secondary N) is 2. The highest BCUT2D eigenvalue weighted by Gasteiger charge is 2.22. The number of terminal acetylenes is 1. The van der Waals surface area contributed by atoms with Crippen molar-refractivity contribution in [2.24, 2.45) is 11.0 Å². The highest BCUT2D eigenvalue weighted by Crippen LogP contribution is 2.33. The summed E-state index contributed by atoms with van der Waals surface area (Å²) in [6.45, 7) is 1.49. The number of ether oxygens (including phenoxy) is 2. The van der Waals surface area contributed by atoms with Crippen molar-refractivity contribution >= 4 is 46.3 Å². The Labute approximate surface area is 187 Å². The van der Waals surface area contributed by atoms with E-state index in [9.17, 15) is 14.0 Å². The summed E-state index contributed by atoms with van der Waals surface area (Å²) in [5.41, 5.74) is 2.92. The fraction of sp³-hybridized carbons (Fsp3) is 0.190. The first kappa shape index (κ1) is 23.2. The number of carbonyl (C=O) groups excluding carboxylic acids is 2. The summed E-state index contributed by atoms with van der Waals surface area (Å²) in [6.07, 6.45) is 6.61. The number of carbonyl (C=O) groups is 2. The van der Waals surface area contributed by atoms with E-state index in [1.54, 1.807) is 18.2 Å². The molecule has 1 atom stereocenters. The van der Waals surface area contributed by atoms with Gasteiger partial charge in [-0.15, -0.1) is 6.42 Å². The molecule has 0 bridgehead atoms. The maximum absolute atomic E-state index is 13.6. The summed E-state index contributed by atoms with van der Waals surface area (Å²) in [5.74, 6) is 0.384. The normalized spacial score (nSPS) is 11.4. The van der Waals surface area contributed by atoms with Gasteiger partial charge in [0.1, 0.15) is 18.3 Å². The first-order valence-corrected chi connectivity index (χ1v) is 9.77. The number of nitrogens with zero attached hydrogens (tertiary/aromatic N) is 1. The van der Waals surface area contributed by atoms with Gasteiger partial charge in [-0.3, -0.25) is 9.59 Å². The van der Waals surface area contributed by atoms with E-state index in [1.807, 2.05) is 0 Å². The largest absolute Gasteiger partial charge is 0.493 e. The summed E-state index contributed by atoms with van der Waals surface area (Å²) in [7, 11) is 1.49. The van der Waals surface area contributed by atoms with Crippen molar-refractivity contribution < 1.29 is 23.5 Å². The molecule has 0 fully saturated rings. The number of benzene rings is 2. The molecule has 2 aromatic rings. The number of hydrogen-bond acceptors (Lipinski definition) is 5. The van der Waals surface area contributed by atoms with Crippen LogP contribution in [0.2, 0.25) is 0 Å². The molecule has 2 N–H and O–H groups in total. The van der Waals surface area contributed by atoms with Gasteiger partial charge in [0.2, 0.25) is 5.91 Å². The van der Waals surface area contributed by atoms with Crippen LogP contribution in [0.4, 0.5) is 10.1 Å². The van der Waals surface area contributed by atoms with Gasteiger partial charge in [-0.25, -0.2) is 9.82 Å². The Kier molecular flexibility index (Phi) is 8.61. The first-order valence-electron chi connectivity index (χ1n) is 8.69. The van der Waals surface area contributed by atoms with Crippen LogP contribution in [0.5, 0.6) is 11.5 Å². The Morgan fingerprint density at radius 1 is 1.33 bits per heavy atom. The van der Waals surface area contributed by atoms with E-state index in [1.165, 1.54) is 38.4 Å². The average Bonchev–Trinajstić information content (AvgIpc) is 2.73. The summed E-state index contributed by atoms with van der Waals surface area (Å²) < 4.78 is 25.1. The first-order chi connectivity index (χ1) is 14.4. The fourth-order valence-corrected chi connectivity index (χ4v) is 3.04. The van der Waals surface area contributed by atoms with E-state index < -0.39 is 23.5 Å². The fourth-order valence-electron chi connectivity index (χ4n) is 2.26. The van der Waals surface area contributed by atoms with E-state index in [2.05, 4.69) is 44.4 Å². The Morgan fingerprint density at radius 3 is 2.73 bits per heavy atom. The predicted molar refractivity (Wildman–Crippen MR) is 120 cm³/mol. The summed E-state index contributed by atoms with van der Waals surface area (Å²) in [4.78, 5) is 24.3. The smallest absolute Gasteiger partial charge is 0.252 e. The van der Waals surface area contributed by atoms with Crippen molar-refractivity contribution in [3.63, 3.8) is 0 Å². The van der Waals surface area contributed by atoms with Gasteiger partial charge in [0.05, 0.1) is 22.6 Å². The highest BCUT2D eigenvalue weighted by molar-refractivity contribution is 14.1. The summed E-state index contributed by atoms with van der Waals surface area (Å²) in [6, 6.07) is 9.12. The lowest BCUT2D eigenvalue weighted by Gasteiger charge is -2.12. The van der Waals surface area contributed by atoms with Crippen LogP contribution in [-0.4, -0.2) is 31.7 Å². The molecule has 0 saturated carbocycles. The van der Waals surface area contributed by atoms with Crippen LogP contribution in [-0.2, 0) is 9.59 Å². The van der Waals surface area contributed by atoms with Crippen molar-refractivity contribution in [1.29, 1.82) is 0 Å². The van der Waals surface area contributed by atoms with Crippen LogP contribution in [0.25, 0.3) is 0 Å². The van der Waals surface area contributed by atoms with Gasteiger partial charge in [-0.1, -0.05) is 18.1 Å². The van der Waals surface area contributed by atoms with Gasteiger partial charge < -0.3 is 14.8 Å². The van der Waals surface area contributed by atoms with E-state index in [0.29, 0.717) is 17.1 Å². The quantitative estimate of drug-likeness (QED) is 0.183. The van der Waals surface area contributed by atoms with Crippen LogP contribution in [0.15, 0.2) is 41.5 Å². The molecule has 0 aliphatic heterocycles. The number of hydrogen-bond donors (Lipinski definition) is 2. The number of anilines is 1. The second-order valence-corrected chi connectivity index (χ2v) is 7.11. The molecule has 30 heavy (non-hydrogen) atoms. The van der Waals surface area contributed by atoms with Crippen molar-refractivity contribution in [3.8, 4) is 23.8 Å². The Balaban J connectivity index is 2.01. The molecule has 0 saturated heterocycles. The molecule has 0 aliphatic carbocycles. The van der Waals surface area contributed by atoms with Crippen LogP contribution < -0.4 is 20.2 Å². The number of rotatable bonds is 8. The van der Waals surface area contributed by atoms with Crippen LogP contribution in [0, 0.1) is 27.6 Å². The lowest BCUT2D eigenvalue weighted by molar-refractivity contribution is -0.131. The van der Waals surface area contributed by atoms with Gasteiger partial charge in [-0.2, -0.15) is 5.10 Å². The molecule has 2 aromatic carbocycles. The van der Waals surface area contributed by atoms with Crippen molar-refractivity contribution in [1.82, 2.24) is 5.43 Å². The van der Waals surface area contributed by atoms with E-state index in [4.69, 9.17) is 15.9 Å². The summed E-state index contributed by atoms with van der Waals surface area (Å²) >= 11 is 2.07. The molecule has 0 radical (unpaired) electrons. The molecule has 1 unspecified atom stereocenters. The molecule has 0 aliphatic rings. The number of hydrazone groups is 1. The minimum atomic E-state index is -1.09. The zero-order valence-corrected chi connectivity index (χ0v) is 18.4. The lowest BCUT2D eigenvalue weighted by Crippen LogP contribution is -2.34. The molecule has 156 valence electrons. The zero-order valence-electron chi connectivity index (χ0n) is 16.2. The van der Waals surface area contributed by atoms with Crippen LogP contribution in [0.1, 0.15) is 12.5 Å². The number of para-hydroxylation sites is 1. The van der Waals surface area contributed by atoms with Gasteiger partial charge in [0.15, 0.2) is 11.5 Å². The van der Waals surface area contributed by atoms with Crippen molar-refractivity contribution in [3.05, 3.63) is 51.3 Å². The molecule has 2 amide bonds. The van der Waals surface area contributed by atoms with Gasteiger partial charge in [-0.05, 0) is 59.3 Å².